The zero-order chi connectivity index (χ0) is 13.1. The molecule has 1 N–H and O–H groups in total. The summed E-state index contributed by atoms with van der Waals surface area (Å²) in [6.45, 7) is 4.24. The first-order valence-electron chi connectivity index (χ1n) is 6.06. The highest BCUT2D eigenvalue weighted by Gasteiger charge is 2.34. The van der Waals surface area contributed by atoms with Gasteiger partial charge < -0.3 is 9.84 Å². The number of hydrogen-bond donors (Lipinski definition) is 1. The van der Waals surface area contributed by atoms with Crippen LogP contribution in [-0.4, -0.2) is 30.1 Å². The molecule has 0 spiro atoms. The fraction of sp³-hybridized carbons (Fsp3) is 1.00. The normalized spacial score (nSPS) is 29.3. The lowest BCUT2D eigenvalue weighted by atomic mass is 9.75. The first-order valence-corrected chi connectivity index (χ1v) is 6.06. The number of halogens is 3. The molecule has 0 saturated heterocycles. The van der Waals surface area contributed by atoms with E-state index in [1.54, 1.807) is 0 Å². The molecule has 102 valence electrons. The predicted octanol–water partition coefficient (Wildman–Crippen LogP) is 3.29. The minimum atomic E-state index is -4.12. The second kappa shape index (κ2) is 5.57. The molecule has 1 fully saturated rings. The summed E-state index contributed by atoms with van der Waals surface area (Å²) in [5, 5.41) is 9.71. The van der Waals surface area contributed by atoms with E-state index < -0.39 is 18.7 Å². The van der Waals surface area contributed by atoms with Crippen molar-refractivity contribution in [3.63, 3.8) is 0 Å². The molecule has 0 aromatic heterocycles. The summed E-state index contributed by atoms with van der Waals surface area (Å²) < 4.78 is 41.1. The number of hydrogen-bond acceptors (Lipinski definition) is 2. The fourth-order valence-electron chi connectivity index (χ4n) is 2.18. The number of aliphatic hydroxyl groups is 1. The predicted molar refractivity (Wildman–Crippen MR) is 58.7 cm³/mol. The van der Waals surface area contributed by atoms with Gasteiger partial charge in [0, 0.05) is 13.0 Å². The first-order chi connectivity index (χ1) is 7.70. The van der Waals surface area contributed by atoms with Crippen LogP contribution in [0, 0.1) is 5.41 Å². The molecule has 2 atom stereocenters. The summed E-state index contributed by atoms with van der Waals surface area (Å²) in [7, 11) is 0. The molecule has 1 saturated carbocycles. The molecule has 0 amide bonds. The topological polar surface area (TPSA) is 29.5 Å². The lowest BCUT2D eigenvalue weighted by Crippen LogP contribution is -2.39. The van der Waals surface area contributed by atoms with Gasteiger partial charge in [0.25, 0.3) is 0 Å². The van der Waals surface area contributed by atoms with E-state index in [0.29, 0.717) is 12.8 Å². The summed E-state index contributed by atoms with van der Waals surface area (Å²) in [4.78, 5) is 0. The van der Waals surface area contributed by atoms with E-state index in [9.17, 15) is 18.3 Å². The Morgan fingerprint density at radius 2 is 2.00 bits per heavy atom. The molecular weight excluding hydrogens is 233 g/mol. The van der Waals surface area contributed by atoms with E-state index in [1.807, 2.05) is 0 Å². The molecule has 1 rings (SSSR count). The van der Waals surface area contributed by atoms with Gasteiger partial charge in [-0.05, 0) is 31.1 Å². The molecule has 2 nitrogen and oxygen atoms in total. The third-order valence-electron chi connectivity index (χ3n) is 3.24. The zero-order valence-electron chi connectivity index (χ0n) is 10.4. The number of rotatable bonds is 4. The van der Waals surface area contributed by atoms with Gasteiger partial charge >= 0.3 is 6.18 Å². The molecule has 0 aliphatic heterocycles. The molecular formula is C12H21F3O2. The Labute approximate surface area is 100 Å². The van der Waals surface area contributed by atoms with Gasteiger partial charge in [-0.2, -0.15) is 13.2 Å². The highest BCUT2D eigenvalue weighted by atomic mass is 19.4. The van der Waals surface area contributed by atoms with Gasteiger partial charge in [-0.3, -0.25) is 0 Å². The van der Waals surface area contributed by atoms with Crippen molar-refractivity contribution in [1.82, 2.24) is 0 Å². The van der Waals surface area contributed by atoms with E-state index >= 15 is 0 Å². The zero-order valence-corrected chi connectivity index (χ0v) is 10.4. The smallest absolute Gasteiger partial charge is 0.389 e. The third kappa shape index (κ3) is 5.73. The summed E-state index contributed by atoms with van der Waals surface area (Å²) >= 11 is 0. The van der Waals surface area contributed by atoms with Crippen LogP contribution >= 0.6 is 0 Å². The molecule has 0 aromatic rings. The van der Waals surface area contributed by atoms with Crippen LogP contribution in [-0.2, 0) is 4.74 Å². The number of ether oxygens (including phenoxy) is 1. The van der Waals surface area contributed by atoms with Gasteiger partial charge in [-0.25, -0.2) is 0 Å². The number of alkyl halides is 3. The van der Waals surface area contributed by atoms with Gasteiger partial charge in [0.2, 0.25) is 0 Å². The van der Waals surface area contributed by atoms with Crippen molar-refractivity contribution in [3.8, 4) is 0 Å². The summed E-state index contributed by atoms with van der Waals surface area (Å²) in [5.41, 5.74) is 0.105. The Hall–Kier alpha value is -0.290. The van der Waals surface area contributed by atoms with Crippen molar-refractivity contribution in [2.24, 2.45) is 5.41 Å². The van der Waals surface area contributed by atoms with Crippen molar-refractivity contribution in [3.05, 3.63) is 0 Å². The maximum Gasteiger partial charge on any atom is 0.389 e. The molecule has 17 heavy (non-hydrogen) atoms. The SMILES string of the molecule is CC1(C)CCC(O)C(OCCCC(F)(F)F)C1. The summed E-state index contributed by atoms with van der Waals surface area (Å²) in [5.74, 6) is 0. The first kappa shape index (κ1) is 14.8. The van der Waals surface area contributed by atoms with Crippen LogP contribution in [0.25, 0.3) is 0 Å². The van der Waals surface area contributed by atoms with Crippen LogP contribution in [0.2, 0.25) is 0 Å². The highest BCUT2D eigenvalue weighted by molar-refractivity contribution is 4.85. The monoisotopic (exact) mass is 254 g/mol. The van der Waals surface area contributed by atoms with Crippen molar-refractivity contribution >= 4 is 0 Å². The largest absolute Gasteiger partial charge is 0.390 e. The quantitative estimate of drug-likeness (QED) is 0.780. The minimum absolute atomic E-state index is 0.0346. The molecule has 1 aliphatic rings. The second-order valence-electron chi connectivity index (χ2n) is 5.60. The Bertz CT molecular complexity index is 238. The Morgan fingerprint density at radius 3 is 2.59 bits per heavy atom. The van der Waals surface area contributed by atoms with E-state index in [0.717, 1.165) is 6.42 Å². The van der Waals surface area contributed by atoms with Crippen LogP contribution in [0.4, 0.5) is 13.2 Å². The van der Waals surface area contributed by atoms with Crippen LogP contribution in [0.5, 0.6) is 0 Å². The van der Waals surface area contributed by atoms with Crippen molar-refractivity contribution in [2.45, 2.75) is 64.3 Å². The van der Waals surface area contributed by atoms with Crippen LogP contribution in [0.3, 0.4) is 0 Å². The van der Waals surface area contributed by atoms with Gasteiger partial charge in [0.1, 0.15) is 0 Å². The number of aliphatic hydroxyl groups excluding tert-OH is 1. The summed E-state index contributed by atoms with van der Waals surface area (Å²) in [6, 6.07) is 0. The molecule has 5 heteroatoms. The van der Waals surface area contributed by atoms with E-state index in [-0.39, 0.29) is 24.5 Å². The molecule has 0 radical (unpaired) electrons. The fourth-order valence-corrected chi connectivity index (χ4v) is 2.18. The third-order valence-corrected chi connectivity index (χ3v) is 3.24. The summed E-state index contributed by atoms with van der Waals surface area (Å²) in [6.07, 6.45) is -3.52. The van der Waals surface area contributed by atoms with Crippen molar-refractivity contribution in [1.29, 1.82) is 0 Å². The van der Waals surface area contributed by atoms with Crippen molar-refractivity contribution < 1.29 is 23.0 Å². The molecule has 0 heterocycles. The molecule has 1 aliphatic carbocycles. The van der Waals surface area contributed by atoms with E-state index in [1.165, 1.54) is 0 Å². The molecule has 2 unspecified atom stereocenters. The van der Waals surface area contributed by atoms with Crippen LogP contribution < -0.4 is 0 Å². The minimum Gasteiger partial charge on any atom is -0.390 e. The Kier molecular flexibility index (Phi) is 4.84. The standard InChI is InChI=1S/C12H21F3O2/c1-11(2)6-4-9(16)10(8-11)17-7-3-5-12(13,14)15/h9-10,16H,3-8H2,1-2H3. The molecule has 0 bridgehead atoms. The van der Waals surface area contributed by atoms with Crippen LogP contribution in [0.1, 0.15) is 46.0 Å². The maximum atomic E-state index is 11.9. The second-order valence-corrected chi connectivity index (χ2v) is 5.60. The lowest BCUT2D eigenvalue weighted by Gasteiger charge is -2.38. The Balaban J connectivity index is 2.26. The van der Waals surface area contributed by atoms with E-state index in [4.69, 9.17) is 4.74 Å². The molecule has 0 aromatic carbocycles. The highest BCUT2D eigenvalue weighted by Crippen LogP contribution is 2.36. The van der Waals surface area contributed by atoms with Gasteiger partial charge in [0.05, 0.1) is 12.2 Å². The van der Waals surface area contributed by atoms with E-state index in [2.05, 4.69) is 13.8 Å². The average molecular weight is 254 g/mol. The Morgan fingerprint density at radius 1 is 1.35 bits per heavy atom. The van der Waals surface area contributed by atoms with Crippen LogP contribution in [0.15, 0.2) is 0 Å². The van der Waals surface area contributed by atoms with Gasteiger partial charge in [-0.15, -0.1) is 0 Å². The average Bonchev–Trinajstić information content (AvgIpc) is 2.16. The maximum absolute atomic E-state index is 11.9. The van der Waals surface area contributed by atoms with Gasteiger partial charge in [-0.1, -0.05) is 13.8 Å². The van der Waals surface area contributed by atoms with Gasteiger partial charge in [0.15, 0.2) is 0 Å². The lowest BCUT2D eigenvalue weighted by molar-refractivity contribution is -0.142. The van der Waals surface area contributed by atoms with Crippen molar-refractivity contribution in [2.75, 3.05) is 6.61 Å².